The average Bonchev–Trinajstić information content (AvgIpc) is 3.12. The molecule has 4 aliphatic rings. The number of ketones is 4. The zero-order chi connectivity index (χ0) is 33.7. The average molecular weight is 856 g/mol. The van der Waals surface area contributed by atoms with Gasteiger partial charge in [-0.05, 0) is 95.5 Å². The van der Waals surface area contributed by atoms with Crippen molar-refractivity contribution in [1.29, 1.82) is 0 Å². The maximum absolute atomic E-state index is 12.4. The molecule has 0 radical (unpaired) electrons. The Labute approximate surface area is 307 Å². The van der Waals surface area contributed by atoms with Crippen molar-refractivity contribution in [2.45, 2.75) is 48.6 Å². The molecule has 244 valence electrons. The number of hydrogen-bond acceptors (Lipinski definition) is 6. The third-order valence-electron chi connectivity index (χ3n) is 9.29. The van der Waals surface area contributed by atoms with Crippen LogP contribution in [-0.4, -0.2) is 44.0 Å². The first-order valence-electron chi connectivity index (χ1n) is 15.6. The van der Waals surface area contributed by atoms with Gasteiger partial charge in [0.1, 0.15) is 24.7 Å². The van der Waals surface area contributed by atoms with Gasteiger partial charge in [-0.2, -0.15) is 0 Å². The third-order valence-corrected chi connectivity index (χ3v) is 11.8. The van der Waals surface area contributed by atoms with Gasteiger partial charge in [0, 0.05) is 33.4 Å². The second kappa shape index (κ2) is 13.7. The van der Waals surface area contributed by atoms with Crippen LogP contribution in [0.2, 0.25) is 0 Å². The van der Waals surface area contributed by atoms with Crippen LogP contribution in [0.25, 0.3) is 22.3 Å². The highest BCUT2D eigenvalue weighted by Crippen LogP contribution is 2.43. The summed E-state index contributed by atoms with van der Waals surface area (Å²) in [4.78, 5) is 48.2. The van der Waals surface area contributed by atoms with Gasteiger partial charge in [0.15, 0.2) is 23.1 Å². The first kappa shape index (κ1) is 33.4. The van der Waals surface area contributed by atoms with Crippen LogP contribution in [0.15, 0.2) is 60.7 Å². The van der Waals surface area contributed by atoms with Crippen LogP contribution in [0.1, 0.15) is 76.5 Å². The number of benzene rings is 4. The fraction of sp³-hybridized carbons (Fsp3) is 0.263. The van der Waals surface area contributed by atoms with Crippen molar-refractivity contribution in [3.8, 4) is 33.8 Å². The highest BCUT2D eigenvalue weighted by molar-refractivity contribution is 9.10. The predicted octanol–water partition coefficient (Wildman–Crippen LogP) is 9.28. The molecule has 0 aromatic heterocycles. The summed E-state index contributed by atoms with van der Waals surface area (Å²) in [6, 6.07) is 19.2. The lowest BCUT2D eigenvalue weighted by atomic mass is 9.85. The number of halogens is 4. The van der Waals surface area contributed by atoms with E-state index in [9.17, 15) is 19.2 Å². The number of hydrogen-bond donors (Lipinski definition) is 0. The standard InChI is InChI=1S/C19H14Br2O3.C19H14BrClO3/c20-8-17(22)11-1-3-13-12(5-11)9-24-18-7-14-10(6-15(13)18)2-4-16(21)19(14)23;20-16-4-2-10-6-15-13-3-1-11(17(22)8-21)5-12(13)9-24-18(15)7-14(10)19(16)23/h2*1,3,5-7,16H,2,4,8-9H2. The molecule has 8 rings (SSSR count). The largest absolute Gasteiger partial charge is 0.488 e. The monoisotopic (exact) mass is 852 g/mol. The Morgan fingerprint density at radius 1 is 0.625 bits per heavy atom. The summed E-state index contributed by atoms with van der Waals surface area (Å²) in [5.41, 5.74) is 11.0. The molecule has 0 N–H and O–H groups in total. The van der Waals surface area contributed by atoms with E-state index in [4.69, 9.17) is 21.1 Å². The lowest BCUT2D eigenvalue weighted by Gasteiger charge is -2.26. The minimum absolute atomic E-state index is 0.0282. The molecule has 2 aliphatic carbocycles. The summed E-state index contributed by atoms with van der Waals surface area (Å²) >= 11 is 15.7. The van der Waals surface area contributed by atoms with E-state index in [0.29, 0.717) is 29.7 Å². The second-order valence-corrected chi connectivity index (χ2v) is 15.2. The van der Waals surface area contributed by atoms with Gasteiger partial charge in [-0.25, -0.2) is 0 Å². The van der Waals surface area contributed by atoms with Crippen LogP contribution in [0, 0.1) is 0 Å². The number of Topliss-reactive ketones (excluding diaryl/α,β-unsaturated/α-hetero) is 4. The van der Waals surface area contributed by atoms with E-state index in [2.05, 4.69) is 59.9 Å². The lowest BCUT2D eigenvalue weighted by Crippen LogP contribution is -2.23. The number of rotatable bonds is 4. The molecule has 0 bridgehead atoms. The first-order chi connectivity index (χ1) is 23.2. The minimum Gasteiger partial charge on any atom is -0.488 e. The Kier molecular flexibility index (Phi) is 9.50. The van der Waals surface area contributed by atoms with Crippen molar-refractivity contribution in [3.63, 3.8) is 0 Å². The quantitative estimate of drug-likeness (QED) is 0.150. The van der Waals surface area contributed by atoms with Crippen LogP contribution in [0.3, 0.4) is 0 Å². The zero-order valence-corrected chi connectivity index (χ0v) is 31.1. The Balaban J connectivity index is 0.000000152. The van der Waals surface area contributed by atoms with Crippen LogP contribution in [-0.2, 0) is 26.1 Å². The van der Waals surface area contributed by atoms with E-state index in [-0.39, 0.29) is 38.7 Å². The predicted molar refractivity (Wildman–Crippen MR) is 196 cm³/mol. The Morgan fingerprint density at radius 3 is 1.52 bits per heavy atom. The van der Waals surface area contributed by atoms with E-state index in [0.717, 1.165) is 92.8 Å². The molecule has 0 saturated carbocycles. The van der Waals surface area contributed by atoms with Crippen molar-refractivity contribution in [1.82, 2.24) is 0 Å². The maximum atomic E-state index is 12.4. The summed E-state index contributed by atoms with van der Waals surface area (Å²) < 4.78 is 11.7. The fourth-order valence-corrected chi connectivity index (χ4v) is 8.14. The Morgan fingerprint density at radius 2 is 1.08 bits per heavy atom. The normalized spacial score (nSPS) is 18.2. The number of alkyl halides is 4. The second-order valence-electron chi connectivity index (χ2n) is 12.2. The van der Waals surface area contributed by atoms with Crippen molar-refractivity contribution in [3.05, 3.63) is 105 Å². The van der Waals surface area contributed by atoms with Crippen molar-refractivity contribution in [2.24, 2.45) is 0 Å². The Bertz CT molecular complexity index is 1890. The summed E-state index contributed by atoms with van der Waals surface area (Å²) in [5, 5.41) is 0.312. The minimum atomic E-state index is -0.108. The van der Waals surface area contributed by atoms with E-state index in [1.54, 1.807) is 6.07 Å². The molecule has 2 unspecified atom stereocenters. The van der Waals surface area contributed by atoms with Gasteiger partial charge < -0.3 is 9.47 Å². The van der Waals surface area contributed by atoms with Gasteiger partial charge in [0.2, 0.25) is 0 Å². The van der Waals surface area contributed by atoms with Crippen molar-refractivity contribution >= 4 is 82.5 Å². The number of ether oxygens (including phenoxy) is 2. The zero-order valence-electron chi connectivity index (χ0n) is 25.5. The maximum Gasteiger partial charge on any atom is 0.177 e. The molecule has 4 aromatic rings. The van der Waals surface area contributed by atoms with E-state index < -0.39 is 0 Å². The number of fused-ring (bicyclic) bond motifs is 8. The van der Waals surface area contributed by atoms with Crippen LogP contribution < -0.4 is 9.47 Å². The summed E-state index contributed by atoms with van der Waals surface area (Å²) in [7, 11) is 0. The van der Waals surface area contributed by atoms with E-state index in [1.165, 1.54) is 0 Å². The van der Waals surface area contributed by atoms with Gasteiger partial charge in [-0.3, -0.25) is 19.2 Å². The molecule has 48 heavy (non-hydrogen) atoms. The topological polar surface area (TPSA) is 86.7 Å². The molecular formula is C38H28Br3ClO6. The molecule has 4 aromatic carbocycles. The molecular weight excluding hydrogens is 828 g/mol. The summed E-state index contributed by atoms with van der Waals surface area (Å²) in [6.07, 6.45) is 3.36. The van der Waals surface area contributed by atoms with Gasteiger partial charge >= 0.3 is 0 Å². The van der Waals surface area contributed by atoms with Gasteiger partial charge in [0.25, 0.3) is 0 Å². The van der Waals surface area contributed by atoms with Gasteiger partial charge in [-0.1, -0.05) is 72.1 Å². The highest BCUT2D eigenvalue weighted by atomic mass is 79.9. The number of aryl methyl sites for hydroxylation is 2. The summed E-state index contributed by atoms with van der Waals surface area (Å²) in [6.45, 7) is 0.799. The summed E-state index contributed by atoms with van der Waals surface area (Å²) in [5.74, 6) is 1.67. The van der Waals surface area contributed by atoms with Gasteiger partial charge in [-0.15, -0.1) is 11.6 Å². The molecule has 0 fully saturated rings. The van der Waals surface area contributed by atoms with E-state index >= 15 is 0 Å². The molecule has 10 heteroatoms. The molecule has 0 saturated heterocycles. The van der Waals surface area contributed by atoms with Crippen LogP contribution >= 0.6 is 59.4 Å². The van der Waals surface area contributed by atoms with E-state index in [1.807, 2.05) is 42.5 Å². The molecule has 0 amide bonds. The van der Waals surface area contributed by atoms with Gasteiger partial charge in [0.05, 0.1) is 20.9 Å². The molecule has 6 nitrogen and oxygen atoms in total. The molecule has 2 atom stereocenters. The highest BCUT2D eigenvalue weighted by Gasteiger charge is 2.30. The fourth-order valence-electron chi connectivity index (χ4n) is 6.71. The van der Waals surface area contributed by atoms with Crippen molar-refractivity contribution < 1.29 is 28.7 Å². The molecule has 2 heterocycles. The number of carbonyl (C=O) groups is 4. The number of carbonyl (C=O) groups excluding carboxylic acids is 4. The molecule has 2 aliphatic heterocycles. The molecule has 0 spiro atoms. The SMILES string of the molecule is O=C(CBr)c1ccc2c(c1)COc1cc3c(cc1-2)CCC(Br)C3=O.O=C(CCl)c1ccc2c(c1)COc1cc3c(cc1-2)CCC(Br)C3=O. The third kappa shape index (κ3) is 6.12. The first-order valence-corrected chi connectivity index (χ1v) is 19.1. The lowest BCUT2D eigenvalue weighted by molar-refractivity contribution is 0.0973. The van der Waals surface area contributed by atoms with Crippen LogP contribution in [0.5, 0.6) is 11.5 Å². The smallest absolute Gasteiger partial charge is 0.177 e. The Hall–Kier alpha value is -3.11. The van der Waals surface area contributed by atoms with Crippen molar-refractivity contribution in [2.75, 3.05) is 11.2 Å². The van der Waals surface area contributed by atoms with Crippen LogP contribution in [0.4, 0.5) is 0 Å².